The minimum atomic E-state index is -0.868. The van der Waals surface area contributed by atoms with Crippen molar-refractivity contribution in [3.63, 3.8) is 0 Å². The van der Waals surface area contributed by atoms with Crippen LogP contribution in [-0.4, -0.2) is 76.0 Å². The number of hydrogen-bond donors (Lipinski definition) is 5. The van der Waals surface area contributed by atoms with Gasteiger partial charge in [0.05, 0.1) is 17.7 Å². The van der Waals surface area contributed by atoms with E-state index in [9.17, 15) is 19.2 Å². The number of fused-ring (bicyclic) bond motifs is 1. The number of rotatable bonds is 6. The summed E-state index contributed by atoms with van der Waals surface area (Å²) in [6.45, 7) is 6.49. The number of aryl methyl sites for hydroxylation is 1. The molecule has 1 fully saturated rings. The number of aromatic nitrogens is 1. The monoisotopic (exact) mass is 597 g/mol. The molecule has 3 atom stereocenters. The molecule has 0 bridgehead atoms. The van der Waals surface area contributed by atoms with Crippen molar-refractivity contribution in [2.24, 2.45) is 0 Å². The number of carboxylic acids is 1. The molecule has 0 spiro atoms. The summed E-state index contributed by atoms with van der Waals surface area (Å²) in [4.78, 5) is 51.9. The van der Waals surface area contributed by atoms with Crippen LogP contribution < -0.4 is 16.0 Å². The average molecular weight is 598 g/mol. The lowest BCUT2D eigenvalue weighted by Crippen LogP contribution is -2.49. The van der Waals surface area contributed by atoms with Gasteiger partial charge in [0.1, 0.15) is 4.64 Å². The van der Waals surface area contributed by atoms with Crippen LogP contribution in [0, 0.1) is 13.8 Å². The minimum absolute atomic E-state index is 0.00592. The highest BCUT2D eigenvalue weighted by Gasteiger charge is 2.26. The first-order valence-electron chi connectivity index (χ1n) is 11.7. The van der Waals surface area contributed by atoms with E-state index in [0.29, 0.717) is 53.7 Å². The SMILES string of the molecule is Cc1[nH]c(/C=C2\C(=O)Nc3ccc(Cl)cc32)c(C)c1C(=O)NCCN1CCNC(=O)C1.O=C(O)C(P)(P)P. The third-order valence-electron chi connectivity index (χ3n) is 5.96. The van der Waals surface area contributed by atoms with Gasteiger partial charge in [0.15, 0.2) is 0 Å². The van der Waals surface area contributed by atoms with Crippen molar-refractivity contribution in [1.29, 1.82) is 0 Å². The Bertz CT molecular complexity index is 1310. The summed E-state index contributed by atoms with van der Waals surface area (Å²) in [5.41, 5.74) is 4.71. The lowest BCUT2D eigenvalue weighted by Gasteiger charge is -2.26. The van der Waals surface area contributed by atoms with E-state index >= 15 is 0 Å². The van der Waals surface area contributed by atoms with Crippen molar-refractivity contribution in [3.05, 3.63) is 51.3 Å². The zero-order chi connectivity index (χ0) is 28.2. The number of halogens is 1. The molecule has 1 aromatic carbocycles. The molecule has 1 saturated heterocycles. The third kappa shape index (κ3) is 7.62. The quantitative estimate of drug-likeness (QED) is 0.255. The molecule has 2 aliphatic rings. The number of anilines is 1. The van der Waals surface area contributed by atoms with Crippen LogP contribution in [0.15, 0.2) is 18.2 Å². The molecular formula is C24H31ClN5O5P3. The Morgan fingerprint density at radius 3 is 2.55 bits per heavy atom. The molecule has 0 saturated carbocycles. The van der Waals surface area contributed by atoms with Crippen LogP contribution in [0.1, 0.15) is 32.9 Å². The van der Waals surface area contributed by atoms with E-state index in [1.54, 1.807) is 24.3 Å². The molecule has 38 heavy (non-hydrogen) atoms. The first-order chi connectivity index (χ1) is 17.8. The van der Waals surface area contributed by atoms with Crippen LogP contribution >= 0.6 is 39.3 Å². The van der Waals surface area contributed by atoms with Crippen LogP contribution in [0.25, 0.3) is 11.6 Å². The highest BCUT2D eigenvalue weighted by Crippen LogP contribution is 2.36. The number of H-pyrrole nitrogens is 1. The Morgan fingerprint density at radius 1 is 1.24 bits per heavy atom. The van der Waals surface area contributed by atoms with Gasteiger partial charge in [0.2, 0.25) is 5.91 Å². The maximum atomic E-state index is 12.8. The standard InChI is InChI=1S/C22H24ClN5O3.C2H7O2P3/c1-12-18(10-16-15-9-14(23)3-4-17(15)27-21(16)30)26-13(2)20(12)22(31)25-6-8-28-7-5-24-19(29)11-28;3-1(4)2(5,6)7/h3-4,9-10,26H,5-8,11H2,1-2H3,(H,24,29)(H,25,31)(H,27,30);5-7H2,(H,3,4)/b16-10-;. The molecule has 5 N–H and O–H groups in total. The predicted molar refractivity (Wildman–Crippen MR) is 159 cm³/mol. The molecule has 3 amide bonds. The number of hydrogen-bond acceptors (Lipinski definition) is 5. The van der Waals surface area contributed by atoms with E-state index in [0.717, 1.165) is 23.4 Å². The van der Waals surface area contributed by atoms with Gasteiger partial charge in [-0.3, -0.25) is 24.1 Å². The van der Waals surface area contributed by atoms with Crippen molar-refractivity contribution in [2.45, 2.75) is 18.5 Å². The van der Waals surface area contributed by atoms with Gasteiger partial charge >= 0.3 is 5.97 Å². The van der Waals surface area contributed by atoms with Gasteiger partial charge in [-0.2, -0.15) is 0 Å². The van der Waals surface area contributed by atoms with Gasteiger partial charge in [0.25, 0.3) is 11.8 Å². The first kappa shape index (κ1) is 30.2. The van der Waals surface area contributed by atoms with Crippen LogP contribution in [0.2, 0.25) is 5.02 Å². The smallest absolute Gasteiger partial charge is 0.321 e. The Kier molecular flexibility index (Phi) is 10.1. The summed E-state index contributed by atoms with van der Waals surface area (Å²) in [6, 6.07) is 5.25. The van der Waals surface area contributed by atoms with Crippen molar-refractivity contribution in [1.82, 2.24) is 20.5 Å². The first-order valence-corrected chi connectivity index (χ1v) is 13.8. The Hall–Kier alpha value is -2.34. The molecule has 3 unspecified atom stereocenters. The summed E-state index contributed by atoms with van der Waals surface area (Å²) in [6.07, 6.45) is 1.75. The van der Waals surface area contributed by atoms with Crippen LogP contribution in [0.3, 0.4) is 0 Å². The largest absolute Gasteiger partial charge is 0.480 e. The van der Waals surface area contributed by atoms with E-state index in [1.165, 1.54) is 0 Å². The molecule has 0 radical (unpaired) electrons. The number of piperazine rings is 1. The number of benzene rings is 1. The van der Waals surface area contributed by atoms with Crippen molar-refractivity contribution >= 4 is 80.3 Å². The number of carboxylic acid groups (broad SMARTS) is 1. The van der Waals surface area contributed by atoms with Crippen molar-refractivity contribution in [3.8, 4) is 0 Å². The lowest BCUT2D eigenvalue weighted by molar-refractivity contribution is -0.135. The highest BCUT2D eigenvalue weighted by molar-refractivity contribution is 7.60. The van der Waals surface area contributed by atoms with E-state index in [4.69, 9.17) is 16.7 Å². The highest BCUT2D eigenvalue weighted by atomic mass is 35.5. The minimum Gasteiger partial charge on any atom is -0.480 e. The van der Waals surface area contributed by atoms with Crippen molar-refractivity contribution < 1.29 is 24.3 Å². The number of aliphatic carboxylic acids is 1. The molecule has 204 valence electrons. The van der Waals surface area contributed by atoms with Gasteiger partial charge in [0, 0.05) is 53.8 Å². The molecule has 2 aromatic rings. The lowest BCUT2D eigenvalue weighted by atomic mass is 10.0. The van der Waals surface area contributed by atoms with Gasteiger partial charge in [-0.25, -0.2) is 0 Å². The van der Waals surface area contributed by atoms with E-state index in [1.807, 2.05) is 18.7 Å². The Balaban J connectivity index is 0.000000505. The normalized spacial score (nSPS) is 16.3. The zero-order valence-electron chi connectivity index (χ0n) is 21.0. The third-order valence-corrected chi connectivity index (χ3v) is 6.93. The van der Waals surface area contributed by atoms with Gasteiger partial charge in [-0.05, 0) is 43.7 Å². The summed E-state index contributed by atoms with van der Waals surface area (Å²) < 4.78 is -0.833. The van der Waals surface area contributed by atoms with E-state index in [2.05, 4.69) is 48.7 Å². The average Bonchev–Trinajstić information content (AvgIpc) is 3.28. The Morgan fingerprint density at radius 2 is 1.92 bits per heavy atom. The predicted octanol–water partition coefficient (Wildman–Crippen LogP) is 2.29. The molecule has 1 aromatic heterocycles. The molecule has 4 rings (SSSR count). The summed E-state index contributed by atoms with van der Waals surface area (Å²) >= 11 is 6.10. The molecule has 3 heterocycles. The zero-order valence-corrected chi connectivity index (χ0v) is 25.2. The summed E-state index contributed by atoms with van der Waals surface area (Å²) in [5.74, 6) is -1.25. The number of nitrogens with one attached hydrogen (secondary N) is 4. The Labute approximate surface area is 232 Å². The second-order valence-electron chi connectivity index (χ2n) is 8.99. The number of carbonyl (C=O) groups excluding carboxylic acids is 3. The van der Waals surface area contributed by atoms with Gasteiger partial charge in [-0.1, -0.05) is 11.6 Å². The van der Waals surface area contributed by atoms with E-state index < -0.39 is 10.6 Å². The molecule has 2 aliphatic heterocycles. The topological polar surface area (TPSA) is 144 Å². The van der Waals surface area contributed by atoms with Crippen molar-refractivity contribution in [2.75, 3.05) is 38.0 Å². The number of aromatic amines is 1. The maximum absolute atomic E-state index is 12.8. The van der Waals surface area contributed by atoms with Gasteiger partial charge < -0.3 is 26.0 Å². The van der Waals surface area contributed by atoms with Crippen LogP contribution in [0.4, 0.5) is 5.69 Å². The fraction of sp³-hybridized carbons (Fsp3) is 0.333. The number of carbonyl (C=O) groups is 4. The number of nitrogens with zero attached hydrogens (tertiary/aromatic N) is 1. The van der Waals surface area contributed by atoms with Crippen LogP contribution in [0.5, 0.6) is 0 Å². The second kappa shape index (κ2) is 12.7. The second-order valence-corrected chi connectivity index (χ2v) is 14.3. The molecule has 14 heteroatoms. The number of amides is 3. The van der Waals surface area contributed by atoms with Gasteiger partial charge in [-0.15, -0.1) is 27.7 Å². The fourth-order valence-corrected chi connectivity index (χ4v) is 4.18. The summed E-state index contributed by atoms with van der Waals surface area (Å²) in [5, 5.41) is 17.3. The van der Waals surface area contributed by atoms with Crippen LogP contribution in [-0.2, 0) is 14.4 Å². The van der Waals surface area contributed by atoms with E-state index in [-0.39, 0.29) is 17.7 Å². The molecular weight excluding hydrogens is 567 g/mol. The maximum Gasteiger partial charge on any atom is 0.321 e. The molecule has 10 nitrogen and oxygen atoms in total. The fourth-order valence-electron chi connectivity index (χ4n) is 4.01. The molecule has 0 aliphatic carbocycles. The summed E-state index contributed by atoms with van der Waals surface area (Å²) in [7, 11) is 6.47.